The van der Waals surface area contributed by atoms with Crippen molar-refractivity contribution < 1.29 is 47.8 Å². The minimum atomic E-state index is -0.396. The molecule has 0 spiro atoms. The van der Waals surface area contributed by atoms with Crippen LogP contribution in [0.2, 0.25) is 0 Å². The van der Waals surface area contributed by atoms with Gasteiger partial charge in [-0.2, -0.15) is 11.8 Å². The maximum absolute atomic E-state index is 13.0. The summed E-state index contributed by atoms with van der Waals surface area (Å²) >= 11 is 1.88. The largest absolute Gasteiger partial charge is 0.494 e. The number of anilines is 1. The van der Waals surface area contributed by atoms with E-state index in [1.165, 1.54) is 12.2 Å². The zero-order valence-corrected chi connectivity index (χ0v) is 35.9. The van der Waals surface area contributed by atoms with E-state index in [1.807, 2.05) is 23.9 Å². The van der Waals surface area contributed by atoms with Gasteiger partial charge in [-0.3, -0.25) is 33.7 Å². The number of ether oxygens (including phenoxy) is 3. The Kier molecular flexibility index (Phi) is 20.0. The van der Waals surface area contributed by atoms with Gasteiger partial charge < -0.3 is 46.1 Å². The van der Waals surface area contributed by atoms with Gasteiger partial charge in [-0.05, 0) is 80.6 Å². The van der Waals surface area contributed by atoms with Gasteiger partial charge in [0.1, 0.15) is 5.75 Å². The van der Waals surface area contributed by atoms with Crippen LogP contribution in [0.25, 0.3) is 0 Å². The second-order valence-corrected chi connectivity index (χ2v) is 16.3. The molecule has 336 valence electrons. The number of nitrogens with zero attached hydrogens (tertiary/aromatic N) is 1. The van der Waals surface area contributed by atoms with E-state index in [0.717, 1.165) is 42.0 Å². The summed E-state index contributed by atoms with van der Waals surface area (Å²) in [6.07, 6.45) is 7.87. The molecule has 0 radical (unpaired) electrons. The van der Waals surface area contributed by atoms with Gasteiger partial charge in [0.2, 0.25) is 17.7 Å². The van der Waals surface area contributed by atoms with Gasteiger partial charge in [0.15, 0.2) is 5.78 Å². The van der Waals surface area contributed by atoms with Crippen molar-refractivity contribution in [3.05, 3.63) is 71.8 Å². The predicted molar refractivity (Wildman–Crippen MR) is 234 cm³/mol. The van der Waals surface area contributed by atoms with Crippen molar-refractivity contribution in [3.8, 4) is 5.75 Å². The summed E-state index contributed by atoms with van der Waals surface area (Å²) in [7, 11) is 0. The third-order valence-corrected chi connectivity index (χ3v) is 11.9. The number of nitrogens with one attached hydrogen (secondary N) is 6. The number of urea groups is 1. The smallest absolute Gasteiger partial charge is 0.315 e. The molecule has 0 aromatic heterocycles. The second kappa shape index (κ2) is 26.1. The monoisotopic (exact) mass is 877 g/mol. The maximum atomic E-state index is 13.0. The van der Waals surface area contributed by atoms with Gasteiger partial charge in [-0.1, -0.05) is 6.42 Å². The number of thioether (sulfide) groups is 1. The van der Waals surface area contributed by atoms with Crippen LogP contribution in [0.5, 0.6) is 5.75 Å². The lowest BCUT2D eigenvalue weighted by Gasteiger charge is -2.16. The SMILES string of the molecule is O=C(CCCC[C@@H]1SC[C@@H]2NC(=O)N[C@@H]21)NCCOCCC(=O)NCCCOc1ccc(C(=O)c2ccc(NCCCOCCCNC(=O)CCN3C(=O)C=CC3=O)cc2)cc1. The molecule has 2 aromatic rings. The van der Waals surface area contributed by atoms with Crippen LogP contribution in [0.4, 0.5) is 10.5 Å². The van der Waals surface area contributed by atoms with E-state index in [-0.39, 0.29) is 67.6 Å². The highest BCUT2D eigenvalue weighted by atomic mass is 32.2. The quantitative estimate of drug-likeness (QED) is 0.0289. The molecule has 0 bridgehead atoms. The van der Waals surface area contributed by atoms with Crippen molar-refractivity contribution in [2.45, 2.75) is 75.1 Å². The second-order valence-electron chi connectivity index (χ2n) is 15.1. The average Bonchev–Trinajstić information content (AvgIpc) is 3.94. The number of hydrogen-bond donors (Lipinski definition) is 6. The van der Waals surface area contributed by atoms with Crippen molar-refractivity contribution in [2.24, 2.45) is 0 Å². The van der Waals surface area contributed by atoms with E-state index in [2.05, 4.69) is 31.9 Å². The van der Waals surface area contributed by atoms with Crippen molar-refractivity contribution in [2.75, 3.05) is 76.8 Å². The number of benzene rings is 2. The Bertz CT molecular complexity index is 1830. The lowest BCUT2D eigenvalue weighted by molar-refractivity contribution is -0.137. The van der Waals surface area contributed by atoms with Crippen LogP contribution in [0, 0.1) is 0 Å². The number of imide groups is 1. The molecule has 3 heterocycles. The molecule has 3 aliphatic heterocycles. The lowest BCUT2D eigenvalue weighted by atomic mass is 10.0. The molecule has 0 saturated carbocycles. The Morgan fingerprint density at radius 2 is 1.26 bits per heavy atom. The number of carbonyl (C=O) groups is 7. The number of hydrogen-bond acceptors (Lipinski definition) is 12. The predicted octanol–water partition coefficient (Wildman–Crippen LogP) is 2.69. The molecule has 0 aliphatic carbocycles. The Morgan fingerprint density at radius 3 is 1.98 bits per heavy atom. The first-order valence-electron chi connectivity index (χ1n) is 21.5. The molecule has 2 aromatic carbocycles. The fraction of sp³-hybridized carbons (Fsp3) is 0.523. The van der Waals surface area contributed by atoms with Crippen LogP contribution in [-0.2, 0) is 33.4 Å². The van der Waals surface area contributed by atoms with E-state index in [1.54, 1.807) is 36.4 Å². The van der Waals surface area contributed by atoms with E-state index in [0.29, 0.717) is 94.0 Å². The Balaban J connectivity index is 0.802. The third kappa shape index (κ3) is 16.4. The van der Waals surface area contributed by atoms with E-state index >= 15 is 0 Å². The molecule has 3 aliphatic rings. The van der Waals surface area contributed by atoms with Crippen molar-refractivity contribution in [1.29, 1.82) is 0 Å². The van der Waals surface area contributed by atoms with E-state index in [9.17, 15) is 33.6 Å². The zero-order chi connectivity index (χ0) is 43.9. The van der Waals surface area contributed by atoms with Crippen molar-refractivity contribution in [3.63, 3.8) is 0 Å². The summed E-state index contributed by atoms with van der Waals surface area (Å²) in [6, 6.07) is 14.6. The highest BCUT2D eigenvalue weighted by molar-refractivity contribution is 8.00. The Labute approximate surface area is 366 Å². The minimum Gasteiger partial charge on any atom is -0.494 e. The van der Waals surface area contributed by atoms with Gasteiger partial charge in [0, 0.05) is 105 Å². The summed E-state index contributed by atoms with van der Waals surface area (Å²) in [6.45, 7) is 4.08. The molecule has 17 nitrogen and oxygen atoms in total. The molecule has 62 heavy (non-hydrogen) atoms. The molecular weight excluding hydrogens is 819 g/mol. The van der Waals surface area contributed by atoms with Crippen LogP contribution < -0.4 is 36.6 Å². The number of fused-ring (bicyclic) bond motifs is 1. The average molecular weight is 878 g/mol. The van der Waals surface area contributed by atoms with Crippen LogP contribution in [-0.4, -0.2) is 135 Å². The van der Waals surface area contributed by atoms with Gasteiger partial charge >= 0.3 is 6.03 Å². The maximum Gasteiger partial charge on any atom is 0.315 e. The van der Waals surface area contributed by atoms with E-state index < -0.39 is 11.8 Å². The number of carbonyl (C=O) groups excluding carboxylic acids is 7. The van der Waals surface area contributed by atoms with E-state index in [4.69, 9.17) is 14.2 Å². The minimum absolute atomic E-state index is 0.0133. The first-order chi connectivity index (χ1) is 30.2. The molecule has 18 heteroatoms. The van der Waals surface area contributed by atoms with Gasteiger partial charge in [-0.15, -0.1) is 0 Å². The Morgan fingerprint density at radius 1 is 0.645 bits per heavy atom. The van der Waals surface area contributed by atoms with Crippen LogP contribution in [0.3, 0.4) is 0 Å². The topological polar surface area (TPSA) is 223 Å². The van der Waals surface area contributed by atoms with Crippen molar-refractivity contribution in [1.82, 2.24) is 31.5 Å². The number of ketones is 1. The third-order valence-electron chi connectivity index (χ3n) is 10.3. The summed E-state index contributed by atoms with van der Waals surface area (Å²) in [5.74, 6) is 0.314. The van der Waals surface area contributed by atoms with Crippen molar-refractivity contribution >= 4 is 58.8 Å². The van der Waals surface area contributed by atoms with Crippen LogP contribution >= 0.6 is 11.8 Å². The standard InChI is InChI=1S/C44H59N7O10S/c52-37(7-2-1-6-36-42-35(30-62-36)49-44(58)50-42)48-23-29-60-28-19-39(54)47-22-5-27-61-34-14-10-32(11-15-34)43(57)31-8-12-33(13-9-31)45-20-3-25-59-26-4-21-46-38(53)18-24-51-40(55)16-17-41(51)56/h8-17,35-36,42,45H,1-7,18-30H2,(H,46,53)(H,47,54)(H,48,52)(H2,49,50,58)/t35-,36-,42-/m0/s1. The fourth-order valence-electron chi connectivity index (χ4n) is 6.94. The van der Waals surface area contributed by atoms with Crippen LogP contribution in [0.15, 0.2) is 60.7 Å². The lowest BCUT2D eigenvalue weighted by Crippen LogP contribution is -2.36. The van der Waals surface area contributed by atoms with Gasteiger partial charge in [0.05, 0.1) is 31.9 Å². The molecular formula is C44H59N7O10S. The summed E-state index contributed by atoms with van der Waals surface area (Å²) in [5, 5.41) is 18.1. The van der Waals surface area contributed by atoms with Gasteiger partial charge in [-0.25, -0.2) is 4.79 Å². The summed E-state index contributed by atoms with van der Waals surface area (Å²) < 4.78 is 16.9. The number of rotatable bonds is 30. The first-order valence-corrected chi connectivity index (χ1v) is 22.5. The summed E-state index contributed by atoms with van der Waals surface area (Å²) in [4.78, 5) is 84.9. The molecule has 2 fully saturated rings. The van der Waals surface area contributed by atoms with Crippen LogP contribution in [0.1, 0.15) is 73.7 Å². The first kappa shape index (κ1) is 47.6. The highest BCUT2D eigenvalue weighted by Gasteiger charge is 2.42. The fourth-order valence-corrected chi connectivity index (χ4v) is 8.49. The molecule has 6 N–H and O–H groups in total. The molecule has 5 rings (SSSR count). The number of unbranched alkanes of at least 4 members (excludes halogenated alkanes) is 1. The molecule has 3 atom stereocenters. The Hall–Kier alpha value is -5.46. The van der Waals surface area contributed by atoms with Gasteiger partial charge in [0.25, 0.3) is 11.8 Å². The summed E-state index contributed by atoms with van der Waals surface area (Å²) in [5.41, 5.74) is 2.00. The molecule has 2 saturated heterocycles. The highest BCUT2D eigenvalue weighted by Crippen LogP contribution is 2.33. The number of amides is 7. The molecule has 7 amide bonds. The normalized spacial score (nSPS) is 17.6. The molecule has 0 unspecified atom stereocenters. The zero-order valence-electron chi connectivity index (χ0n) is 35.1.